The number of carboxylic acid groups (broad SMARTS) is 1. The summed E-state index contributed by atoms with van der Waals surface area (Å²) in [6.07, 6.45) is 0. The van der Waals surface area contributed by atoms with E-state index in [0.29, 0.717) is 11.3 Å². The number of carboxylic acids is 1. The topological polar surface area (TPSA) is 78.4 Å². The van der Waals surface area contributed by atoms with Gasteiger partial charge in [0.05, 0.1) is 0 Å². The molecule has 1 rings (SSSR count). The van der Waals surface area contributed by atoms with Crippen LogP contribution in [0.25, 0.3) is 0 Å². The molecule has 0 aliphatic rings. The van der Waals surface area contributed by atoms with Crippen molar-refractivity contribution in [1.82, 2.24) is 5.32 Å². The number of carbonyl (C=O) groups is 2. The summed E-state index contributed by atoms with van der Waals surface area (Å²) in [5.74, 6) is -1.70. The first kappa shape index (κ1) is 14.9. The molecule has 0 aromatic heterocycles. The van der Waals surface area contributed by atoms with E-state index in [1.807, 2.05) is 0 Å². The van der Waals surface area contributed by atoms with Gasteiger partial charge in [-0.1, -0.05) is 13.8 Å². The Kier molecular flexibility index (Phi) is 4.86. The van der Waals surface area contributed by atoms with Crippen molar-refractivity contribution in [2.24, 2.45) is 5.92 Å². The van der Waals surface area contributed by atoms with Crippen LogP contribution in [0.2, 0.25) is 0 Å². The van der Waals surface area contributed by atoms with Crippen LogP contribution >= 0.6 is 0 Å². The minimum Gasteiger partial charge on any atom is -0.480 e. The lowest BCUT2D eigenvalue weighted by Gasteiger charge is -2.18. The van der Waals surface area contributed by atoms with Crippen molar-refractivity contribution in [1.29, 1.82) is 0 Å². The van der Waals surface area contributed by atoms with Crippen molar-refractivity contribution in [3.05, 3.63) is 29.6 Å². The molecule has 0 saturated heterocycles. The molecule has 1 aromatic carbocycles. The number of aryl methyl sites for hydroxylation is 1. The fourth-order valence-electron chi connectivity index (χ4n) is 1.54. The monoisotopic (exact) mass is 268 g/mol. The summed E-state index contributed by atoms with van der Waals surface area (Å²) in [7, 11) is 0. The van der Waals surface area contributed by atoms with Crippen molar-refractivity contribution in [2.75, 3.05) is 5.32 Å². The number of anilines is 1. The predicted octanol–water partition coefficient (Wildman–Crippen LogP) is 2.36. The molecule has 0 unspecified atom stereocenters. The Labute approximate surface area is 110 Å². The second kappa shape index (κ2) is 6.17. The van der Waals surface area contributed by atoms with Crippen molar-refractivity contribution in [3.8, 4) is 0 Å². The van der Waals surface area contributed by atoms with Crippen molar-refractivity contribution in [3.63, 3.8) is 0 Å². The number of hydrogen-bond acceptors (Lipinski definition) is 2. The van der Waals surface area contributed by atoms with Gasteiger partial charge in [0.25, 0.3) is 0 Å². The number of amides is 2. The van der Waals surface area contributed by atoms with Gasteiger partial charge < -0.3 is 15.7 Å². The zero-order valence-corrected chi connectivity index (χ0v) is 11.0. The Bertz CT molecular complexity index is 489. The van der Waals surface area contributed by atoms with Crippen LogP contribution in [-0.4, -0.2) is 23.1 Å². The average Bonchev–Trinajstić information content (AvgIpc) is 2.30. The number of benzene rings is 1. The van der Waals surface area contributed by atoms with Crippen molar-refractivity contribution >= 4 is 17.7 Å². The van der Waals surface area contributed by atoms with Gasteiger partial charge in [-0.3, -0.25) is 0 Å². The van der Waals surface area contributed by atoms with Crippen LogP contribution in [0.15, 0.2) is 18.2 Å². The fourth-order valence-corrected chi connectivity index (χ4v) is 1.54. The molecule has 0 aliphatic carbocycles. The third-order valence-electron chi connectivity index (χ3n) is 2.64. The van der Waals surface area contributed by atoms with Gasteiger partial charge >= 0.3 is 12.0 Å². The van der Waals surface area contributed by atoms with Crippen LogP contribution in [0.4, 0.5) is 14.9 Å². The van der Waals surface area contributed by atoms with Crippen LogP contribution in [0.3, 0.4) is 0 Å². The molecule has 1 atom stereocenters. The summed E-state index contributed by atoms with van der Waals surface area (Å²) in [4.78, 5) is 22.6. The molecule has 0 heterocycles. The number of hydrogen-bond donors (Lipinski definition) is 3. The van der Waals surface area contributed by atoms with Gasteiger partial charge in [0.2, 0.25) is 0 Å². The molecule has 0 spiro atoms. The summed E-state index contributed by atoms with van der Waals surface area (Å²) in [5, 5.41) is 13.8. The number of urea groups is 1. The third-order valence-corrected chi connectivity index (χ3v) is 2.64. The molecule has 104 valence electrons. The van der Waals surface area contributed by atoms with Gasteiger partial charge in [-0.25, -0.2) is 14.0 Å². The second-order valence-electron chi connectivity index (χ2n) is 4.62. The Morgan fingerprint density at radius 2 is 1.95 bits per heavy atom. The minimum absolute atomic E-state index is 0.238. The molecule has 3 N–H and O–H groups in total. The van der Waals surface area contributed by atoms with E-state index in [9.17, 15) is 14.0 Å². The standard InChI is InChI=1S/C13H17FN2O3/c1-7(2)11(12(17)18)16-13(19)15-9-4-5-10(14)8(3)6-9/h4-7,11H,1-3H3,(H,17,18)(H2,15,16,19)/t11-/m0/s1. The van der Waals surface area contributed by atoms with Gasteiger partial charge in [0.15, 0.2) is 0 Å². The smallest absolute Gasteiger partial charge is 0.326 e. The van der Waals surface area contributed by atoms with E-state index in [-0.39, 0.29) is 11.7 Å². The SMILES string of the molecule is Cc1cc(NC(=O)N[C@H](C(=O)O)C(C)C)ccc1F. The lowest BCUT2D eigenvalue weighted by atomic mass is 10.1. The van der Waals surface area contributed by atoms with Gasteiger partial charge in [0.1, 0.15) is 11.9 Å². The van der Waals surface area contributed by atoms with Crippen molar-refractivity contribution < 1.29 is 19.1 Å². The number of aliphatic carboxylic acids is 1. The molecule has 0 radical (unpaired) electrons. The highest BCUT2D eigenvalue weighted by atomic mass is 19.1. The Hall–Kier alpha value is -2.11. The predicted molar refractivity (Wildman–Crippen MR) is 69.6 cm³/mol. The number of rotatable bonds is 4. The largest absolute Gasteiger partial charge is 0.480 e. The lowest BCUT2D eigenvalue weighted by Crippen LogP contribution is -2.46. The maximum atomic E-state index is 13.1. The molecule has 0 fully saturated rings. The maximum absolute atomic E-state index is 13.1. The Balaban J connectivity index is 2.69. The van der Waals surface area contributed by atoms with Gasteiger partial charge in [0, 0.05) is 5.69 Å². The summed E-state index contributed by atoms with van der Waals surface area (Å²) in [6, 6.07) is 2.52. The molecule has 0 bridgehead atoms. The summed E-state index contributed by atoms with van der Waals surface area (Å²) in [5.41, 5.74) is 0.806. The van der Waals surface area contributed by atoms with Crippen LogP contribution in [0.5, 0.6) is 0 Å². The molecule has 5 nitrogen and oxygen atoms in total. The normalized spacial score (nSPS) is 12.1. The number of carbonyl (C=O) groups excluding carboxylic acids is 1. The van der Waals surface area contributed by atoms with Crippen LogP contribution < -0.4 is 10.6 Å². The molecule has 0 saturated carbocycles. The summed E-state index contributed by atoms with van der Waals surface area (Å²) in [6.45, 7) is 4.97. The first-order valence-electron chi connectivity index (χ1n) is 5.87. The molecule has 19 heavy (non-hydrogen) atoms. The molecule has 2 amide bonds. The molecule has 6 heteroatoms. The maximum Gasteiger partial charge on any atom is 0.326 e. The Morgan fingerprint density at radius 3 is 2.42 bits per heavy atom. The molecular weight excluding hydrogens is 251 g/mol. The van der Waals surface area contributed by atoms with Gasteiger partial charge in [-0.05, 0) is 36.6 Å². The highest BCUT2D eigenvalue weighted by molar-refractivity contribution is 5.92. The quantitative estimate of drug-likeness (QED) is 0.784. The van der Waals surface area contributed by atoms with Gasteiger partial charge in [-0.2, -0.15) is 0 Å². The number of nitrogens with one attached hydrogen (secondary N) is 2. The number of halogens is 1. The van der Waals surface area contributed by atoms with E-state index < -0.39 is 18.0 Å². The first-order valence-corrected chi connectivity index (χ1v) is 5.87. The van der Waals surface area contributed by atoms with Gasteiger partial charge in [-0.15, -0.1) is 0 Å². The van der Waals surface area contributed by atoms with Crippen LogP contribution in [0.1, 0.15) is 19.4 Å². The van der Waals surface area contributed by atoms with Crippen LogP contribution in [0, 0.1) is 18.7 Å². The summed E-state index contributed by atoms with van der Waals surface area (Å²) < 4.78 is 13.1. The Morgan fingerprint density at radius 1 is 1.32 bits per heavy atom. The van der Waals surface area contributed by atoms with E-state index in [4.69, 9.17) is 5.11 Å². The van der Waals surface area contributed by atoms with E-state index in [2.05, 4.69) is 10.6 Å². The second-order valence-corrected chi connectivity index (χ2v) is 4.62. The zero-order chi connectivity index (χ0) is 14.6. The van der Waals surface area contributed by atoms with E-state index in [0.717, 1.165) is 0 Å². The fraction of sp³-hybridized carbons (Fsp3) is 0.385. The average molecular weight is 268 g/mol. The first-order chi connectivity index (χ1) is 8.81. The third kappa shape index (κ3) is 4.24. The highest BCUT2D eigenvalue weighted by Gasteiger charge is 2.23. The van der Waals surface area contributed by atoms with E-state index in [1.165, 1.54) is 18.2 Å². The molecule has 1 aromatic rings. The van der Waals surface area contributed by atoms with E-state index >= 15 is 0 Å². The molecular formula is C13H17FN2O3. The van der Waals surface area contributed by atoms with Crippen LogP contribution in [-0.2, 0) is 4.79 Å². The van der Waals surface area contributed by atoms with E-state index in [1.54, 1.807) is 20.8 Å². The lowest BCUT2D eigenvalue weighted by molar-refractivity contribution is -0.140. The van der Waals surface area contributed by atoms with Crippen molar-refractivity contribution in [2.45, 2.75) is 26.8 Å². The highest BCUT2D eigenvalue weighted by Crippen LogP contribution is 2.13. The summed E-state index contributed by atoms with van der Waals surface area (Å²) >= 11 is 0. The zero-order valence-electron chi connectivity index (χ0n) is 11.0. The minimum atomic E-state index is -1.10. The molecule has 0 aliphatic heterocycles.